The minimum Gasteiger partial charge on any atom is -0.444 e. The summed E-state index contributed by atoms with van der Waals surface area (Å²) in [4.78, 5) is 10.4. The summed E-state index contributed by atoms with van der Waals surface area (Å²) in [6.45, 7) is 0. The van der Waals surface area contributed by atoms with Crippen LogP contribution in [0.1, 0.15) is 24.3 Å². The fraction of sp³-hybridized carbons (Fsp3) is 0.267. The van der Waals surface area contributed by atoms with Gasteiger partial charge in [-0.2, -0.15) is 5.26 Å². The maximum Gasteiger partial charge on any atom is 0.269 e. The summed E-state index contributed by atoms with van der Waals surface area (Å²) in [6, 6.07) is 7.43. The van der Waals surface area contributed by atoms with Crippen molar-refractivity contribution < 1.29 is 18.1 Å². The molecule has 0 radical (unpaired) electrons. The molecule has 2 aliphatic rings. The maximum absolute atomic E-state index is 12.5. The molecule has 0 saturated carbocycles. The fourth-order valence-corrected chi connectivity index (χ4v) is 4.84. The Kier molecular flexibility index (Phi) is 3.77. The van der Waals surface area contributed by atoms with E-state index in [1.54, 1.807) is 6.07 Å². The first-order valence-corrected chi connectivity index (χ1v) is 8.78. The predicted molar refractivity (Wildman–Crippen MR) is 83.8 cm³/mol. The minimum atomic E-state index is -3.64. The quantitative estimate of drug-likeness (QED) is 0.636. The Morgan fingerprint density at radius 1 is 1.42 bits per heavy atom. The Balaban J connectivity index is 2.26. The van der Waals surface area contributed by atoms with Gasteiger partial charge in [-0.15, -0.1) is 0 Å². The van der Waals surface area contributed by atoms with Gasteiger partial charge in [-0.05, 0) is 12.0 Å². The molecule has 24 heavy (non-hydrogen) atoms. The van der Waals surface area contributed by atoms with Gasteiger partial charge in [-0.3, -0.25) is 10.1 Å². The Hall–Kier alpha value is -2.86. The Labute approximate surface area is 137 Å². The number of hydrogen-bond donors (Lipinski definition) is 1. The molecule has 8 nitrogen and oxygen atoms in total. The highest BCUT2D eigenvalue weighted by Gasteiger charge is 2.41. The molecule has 0 bridgehead atoms. The molecular weight excluding hydrogens is 334 g/mol. The SMILES string of the molecule is N#CC1=C(N)OC2=C([C@@H]1c1cccc([N+](=O)[O-])c1)S(=O)(=O)CCC2. The molecule has 2 aliphatic heterocycles. The molecule has 0 spiro atoms. The van der Waals surface area contributed by atoms with E-state index in [1.807, 2.05) is 6.07 Å². The molecule has 0 fully saturated rings. The van der Waals surface area contributed by atoms with Crippen LogP contribution < -0.4 is 5.73 Å². The Morgan fingerprint density at radius 3 is 2.83 bits per heavy atom. The number of nitriles is 1. The highest BCUT2D eigenvalue weighted by atomic mass is 32.2. The summed E-state index contributed by atoms with van der Waals surface area (Å²) in [5, 5.41) is 20.4. The van der Waals surface area contributed by atoms with Crippen molar-refractivity contribution in [1.29, 1.82) is 5.26 Å². The van der Waals surface area contributed by atoms with Crippen LogP contribution in [0.5, 0.6) is 0 Å². The van der Waals surface area contributed by atoms with Gasteiger partial charge < -0.3 is 10.5 Å². The lowest BCUT2D eigenvalue weighted by molar-refractivity contribution is -0.384. The van der Waals surface area contributed by atoms with Crippen LogP contribution in [0.4, 0.5) is 5.69 Å². The number of sulfone groups is 1. The molecule has 1 atom stereocenters. The standard InChI is InChI=1S/C15H13N3O5S/c16-8-11-13(9-3-1-4-10(7-9)18(19)20)14-12(23-15(11)17)5-2-6-24(14,21)22/h1,3-4,7,13H,2,5-6,17H2/t13-/m1/s1. The van der Waals surface area contributed by atoms with Crippen LogP contribution in [0, 0.1) is 21.4 Å². The molecule has 3 rings (SSSR count). The monoisotopic (exact) mass is 347 g/mol. The van der Waals surface area contributed by atoms with Crippen molar-refractivity contribution in [3.8, 4) is 6.07 Å². The molecule has 0 saturated heterocycles. The summed E-state index contributed by atoms with van der Waals surface area (Å²) in [6.07, 6.45) is 0.789. The van der Waals surface area contributed by atoms with E-state index in [9.17, 15) is 23.8 Å². The van der Waals surface area contributed by atoms with Gasteiger partial charge in [-0.1, -0.05) is 12.1 Å². The Morgan fingerprint density at radius 2 is 2.17 bits per heavy atom. The lowest BCUT2D eigenvalue weighted by Gasteiger charge is -2.31. The van der Waals surface area contributed by atoms with E-state index in [1.165, 1.54) is 18.2 Å². The third-order valence-electron chi connectivity index (χ3n) is 4.01. The van der Waals surface area contributed by atoms with Crippen molar-refractivity contribution in [3.05, 3.63) is 62.1 Å². The molecule has 0 aromatic heterocycles. The van der Waals surface area contributed by atoms with E-state index in [-0.39, 0.29) is 33.6 Å². The summed E-state index contributed by atoms with van der Waals surface area (Å²) >= 11 is 0. The largest absolute Gasteiger partial charge is 0.444 e. The molecular formula is C15H13N3O5S. The van der Waals surface area contributed by atoms with E-state index < -0.39 is 20.7 Å². The number of benzene rings is 1. The van der Waals surface area contributed by atoms with Crippen LogP contribution >= 0.6 is 0 Å². The number of allylic oxidation sites excluding steroid dienone is 3. The summed E-state index contributed by atoms with van der Waals surface area (Å²) < 4.78 is 30.4. The normalized spacial score (nSPS) is 22.4. The third-order valence-corrected chi connectivity index (χ3v) is 5.97. The second-order valence-electron chi connectivity index (χ2n) is 5.49. The van der Waals surface area contributed by atoms with Gasteiger partial charge in [0.2, 0.25) is 5.88 Å². The molecule has 0 unspecified atom stereocenters. The van der Waals surface area contributed by atoms with Crippen LogP contribution in [-0.4, -0.2) is 19.1 Å². The lowest BCUT2D eigenvalue weighted by atomic mass is 9.88. The highest BCUT2D eigenvalue weighted by molar-refractivity contribution is 7.95. The van der Waals surface area contributed by atoms with Gasteiger partial charge in [0, 0.05) is 18.6 Å². The van der Waals surface area contributed by atoms with Crippen molar-refractivity contribution >= 4 is 15.5 Å². The first-order valence-electron chi connectivity index (χ1n) is 7.13. The zero-order valence-electron chi connectivity index (χ0n) is 12.4. The fourth-order valence-electron chi connectivity index (χ4n) is 2.99. The topological polar surface area (TPSA) is 136 Å². The summed E-state index contributed by atoms with van der Waals surface area (Å²) in [5.41, 5.74) is 5.86. The summed E-state index contributed by atoms with van der Waals surface area (Å²) in [5.74, 6) is -0.984. The minimum absolute atomic E-state index is 0.0139. The molecule has 0 aliphatic carbocycles. The van der Waals surface area contributed by atoms with Crippen molar-refractivity contribution in [1.82, 2.24) is 0 Å². The second-order valence-corrected chi connectivity index (χ2v) is 7.56. The predicted octanol–water partition coefficient (Wildman–Crippen LogP) is 1.82. The molecule has 1 aromatic carbocycles. The van der Waals surface area contributed by atoms with E-state index in [2.05, 4.69) is 0 Å². The van der Waals surface area contributed by atoms with Gasteiger partial charge >= 0.3 is 0 Å². The van der Waals surface area contributed by atoms with E-state index in [0.29, 0.717) is 18.4 Å². The Bertz CT molecular complexity index is 940. The zero-order chi connectivity index (χ0) is 17.5. The second kappa shape index (κ2) is 5.65. The first-order chi connectivity index (χ1) is 11.3. The number of nitro groups is 1. The smallest absolute Gasteiger partial charge is 0.269 e. The summed E-state index contributed by atoms with van der Waals surface area (Å²) in [7, 11) is -3.64. The van der Waals surface area contributed by atoms with Crippen LogP contribution in [0.3, 0.4) is 0 Å². The number of nitrogens with zero attached hydrogens (tertiary/aromatic N) is 2. The van der Waals surface area contributed by atoms with E-state index >= 15 is 0 Å². The number of hydrogen-bond acceptors (Lipinski definition) is 7. The number of nitro benzene ring substituents is 1. The van der Waals surface area contributed by atoms with Crippen LogP contribution in [-0.2, 0) is 14.6 Å². The maximum atomic E-state index is 12.5. The van der Waals surface area contributed by atoms with Gasteiger partial charge in [0.05, 0.1) is 21.5 Å². The van der Waals surface area contributed by atoms with Crippen LogP contribution in [0.2, 0.25) is 0 Å². The first kappa shape index (κ1) is 16.0. The van der Waals surface area contributed by atoms with Crippen molar-refractivity contribution in [2.24, 2.45) is 5.73 Å². The molecule has 2 N–H and O–H groups in total. The average molecular weight is 347 g/mol. The van der Waals surface area contributed by atoms with Gasteiger partial charge in [0.1, 0.15) is 17.4 Å². The number of nitrogens with two attached hydrogens (primary N) is 1. The van der Waals surface area contributed by atoms with Crippen LogP contribution in [0.25, 0.3) is 0 Å². The molecule has 2 heterocycles. The van der Waals surface area contributed by atoms with Gasteiger partial charge in [-0.25, -0.2) is 8.42 Å². The van der Waals surface area contributed by atoms with Crippen molar-refractivity contribution in [2.45, 2.75) is 18.8 Å². The number of rotatable bonds is 2. The lowest BCUT2D eigenvalue weighted by Crippen LogP contribution is -2.29. The molecule has 0 amide bonds. The number of ether oxygens (including phenoxy) is 1. The molecule has 9 heteroatoms. The molecule has 1 aromatic rings. The van der Waals surface area contributed by atoms with Gasteiger partial charge in [0.15, 0.2) is 9.84 Å². The average Bonchev–Trinajstić information content (AvgIpc) is 2.53. The van der Waals surface area contributed by atoms with E-state index in [0.717, 1.165) is 0 Å². The number of non-ortho nitro benzene ring substituents is 1. The van der Waals surface area contributed by atoms with Crippen molar-refractivity contribution in [3.63, 3.8) is 0 Å². The van der Waals surface area contributed by atoms with Crippen molar-refractivity contribution in [2.75, 3.05) is 5.75 Å². The van der Waals surface area contributed by atoms with Gasteiger partial charge in [0.25, 0.3) is 5.69 Å². The molecule has 124 valence electrons. The van der Waals surface area contributed by atoms with E-state index in [4.69, 9.17) is 10.5 Å². The van der Waals surface area contributed by atoms with Crippen LogP contribution in [0.15, 0.2) is 46.4 Å². The highest BCUT2D eigenvalue weighted by Crippen LogP contribution is 2.45. The third kappa shape index (κ3) is 2.51. The zero-order valence-corrected chi connectivity index (χ0v) is 13.2.